The van der Waals surface area contributed by atoms with E-state index in [9.17, 15) is 4.79 Å². The highest BCUT2D eigenvalue weighted by Gasteiger charge is 2.15. The lowest BCUT2D eigenvalue weighted by atomic mass is 10.2. The summed E-state index contributed by atoms with van der Waals surface area (Å²) < 4.78 is 5.25. The van der Waals surface area contributed by atoms with Crippen LogP contribution in [-0.4, -0.2) is 36.0 Å². The van der Waals surface area contributed by atoms with E-state index in [0.29, 0.717) is 18.1 Å². The van der Waals surface area contributed by atoms with E-state index in [-0.39, 0.29) is 11.7 Å². The monoisotopic (exact) mass is 514 g/mol. The maximum absolute atomic E-state index is 12.6. The molecule has 0 bridgehead atoms. The van der Waals surface area contributed by atoms with Gasteiger partial charge in [0.25, 0.3) is 0 Å². The molecule has 0 saturated heterocycles. The Morgan fingerprint density at radius 3 is 2.75 bits per heavy atom. The second kappa shape index (κ2) is 10.5. The minimum atomic E-state index is -0.0969. The number of thiazole rings is 1. The first-order chi connectivity index (χ1) is 17.5. The van der Waals surface area contributed by atoms with Gasteiger partial charge in [-0.1, -0.05) is 23.9 Å². The lowest BCUT2D eigenvalue weighted by Gasteiger charge is -2.09. The SMILES string of the molecule is C=CCn1c(Cc2cccn2C)nnc1SCC(=O)Nc1ccc(-c2nc3ccc(C)cc3s2)cc1. The summed E-state index contributed by atoms with van der Waals surface area (Å²) in [5.74, 6) is 0.985. The Bertz CT molecular complexity index is 1530. The molecule has 5 rings (SSSR count). The number of hydrogen-bond acceptors (Lipinski definition) is 6. The van der Waals surface area contributed by atoms with Gasteiger partial charge in [-0.05, 0) is 61.0 Å². The average molecular weight is 515 g/mol. The molecule has 0 radical (unpaired) electrons. The predicted molar refractivity (Wildman–Crippen MR) is 148 cm³/mol. The third kappa shape index (κ3) is 5.27. The van der Waals surface area contributed by atoms with E-state index in [4.69, 9.17) is 4.98 Å². The minimum absolute atomic E-state index is 0.0969. The van der Waals surface area contributed by atoms with E-state index in [0.717, 1.165) is 33.3 Å². The summed E-state index contributed by atoms with van der Waals surface area (Å²) in [4.78, 5) is 17.4. The van der Waals surface area contributed by atoms with Crippen molar-refractivity contribution in [1.82, 2.24) is 24.3 Å². The van der Waals surface area contributed by atoms with Gasteiger partial charge in [0.1, 0.15) is 10.8 Å². The second-order valence-corrected chi connectivity index (χ2v) is 10.5. The van der Waals surface area contributed by atoms with E-state index in [1.165, 1.54) is 22.0 Å². The van der Waals surface area contributed by atoms with Crippen LogP contribution in [0.1, 0.15) is 17.1 Å². The van der Waals surface area contributed by atoms with Crippen LogP contribution < -0.4 is 5.32 Å². The number of hydrogen-bond donors (Lipinski definition) is 1. The lowest BCUT2D eigenvalue weighted by Crippen LogP contribution is -2.15. The van der Waals surface area contributed by atoms with Crippen LogP contribution in [0.4, 0.5) is 5.69 Å². The number of amides is 1. The van der Waals surface area contributed by atoms with E-state index in [2.05, 4.69) is 57.8 Å². The van der Waals surface area contributed by atoms with Gasteiger partial charge in [0.2, 0.25) is 5.91 Å². The largest absolute Gasteiger partial charge is 0.354 e. The third-order valence-corrected chi connectivity index (χ3v) is 7.82. The van der Waals surface area contributed by atoms with Crippen LogP contribution in [-0.2, 0) is 24.8 Å². The highest BCUT2D eigenvalue weighted by Crippen LogP contribution is 2.31. The zero-order valence-corrected chi connectivity index (χ0v) is 21.8. The molecule has 9 heteroatoms. The van der Waals surface area contributed by atoms with Crippen LogP contribution in [0.5, 0.6) is 0 Å². The van der Waals surface area contributed by atoms with Crippen molar-refractivity contribution < 1.29 is 4.79 Å². The quantitative estimate of drug-likeness (QED) is 0.201. The van der Waals surface area contributed by atoms with Crippen LogP contribution in [0.3, 0.4) is 0 Å². The molecule has 5 aromatic rings. The maximum Gasteiger partial charge on any atom is 0.234 e. The summed E-state index contributed by atoms with van der Waals surface area (Å²) >= 11 is 3.04. The Labute approximate surface area is 217 Å². The average Bonchev–Trinajstić information content (AvgIpc) is 3.58. The van der Waals surface area contributed by atoms with Crippen LogP contribution in [0, 0.1) is 6.92 Å². The first-order valence-electron chi connectivity index (χ1n) is 11.5. The number of carbonyl (C=O) groups is 1. The van der Waals surface area contributed by atoms with Crippen molar-refractivity contribution in [2.24, 2.45) is 7.05 Å². The zero-order chi connectivity index (χ0) is 25.1. The predicted octanol–water partition coefficient (Wildman–Crippen LogP) is 5.71. The van der Waals surface area contributed by atoms with Crippen LogP contribution in [0.25, 0.3) is 20.8 Å². The van der Waals surface area contributed by atoms with Crippen molar-refractivity contribution in [2.75, 3.05) is 11.1 Å². The fourth-order valence-electron chi connectivity index (χ4n) is 3.89. The van der Waals surface area contributed by atoms with E-state index in [1.54, 1.807) is 11.3 Å². The van der Waals surface area contributed by atoms with Gasteiger partial charge >= 0.3 is 0 Å². The van der Waals surface area contributed by atoms with Gasteiger partial charge in [0.05, 0.1) is 16.0 Å². The summed E-state index contributed by atoms with van der Waals surface area (Å²) in [5, 5.41) is 13.3. The van der Waals surface area contributed by atoms with E-state index >= 15 is 0 Å². The van der Waals surface area contributed by atoms with Crippen LogP contribution in [0.15, 0.2) is 78.6 Å². The molecule has 1 N–H and O–H groups in total. The van der Waals surface area contributed by atoms with Crippen LogP contribution >= 0.6 is 23.1 Å². The number of aromatic nitrogens is 5. The fraction of sp³-hybridized carbons (Fsp3) is 0.185. The number of anilines is 1. The molecule has 0 saturated carbocycles. The fourth-order valence-corrected chi connectivity index (χ4v) is 5.73. The van der Waals surface area contributed by atoms with Crippen molar-refractivity contribution in [3.63, 3.8) is 0 Å². The second-order valence-electron chi connectivity index (χ2n) is 8.49. The number of aryl methyl sites for hydroxylation is 2. The number of allylic oxidation sites excluding steroid dienone is 1. The number of fused-ring (bicyclic) bond motifs is 1. The van der Waals surface area contributed by atoms with Gasteiger partial charge < -0.3 is 14.5 Å². The first-order valence-corrected chi connectivity index (χ1v) is 13.3. The highest BCUT2D eigenvalue weighted by molar-refractivity contribution is 7.99. The molecule has 2 aromatic carbocycles. The number of thioether (sulfide) groups is 1. The Hall–Kier alpha value is -3.69. The smallest absolute Gasteiger partial charge is 0.234 e. The number of nitrogens with zero attached hydrogens (tertiary/aromatic N) is 5. The molecule has 0 aliphatic heterocycles. The van der Waals surface area contributed by atoms with Gasteiger partial charge in [0, 0.05) is 43.2 Å². The van der Waals surface area contributed by atoms with Gasteiger partial charge in [0.15, 0.2) is 5.16 Å². The molecule has 36 heavy (non-hydrogen) atoms. The number of nitrogens with one attached hydrogen (secondary N) is 1. The molecule has 0 fully saturated rings. The Kier molecular flexibility index (Phi) is 7.02. The van der Waals surface area contributed by atoms with Crippen molar-refractivity contribution >= 4 is 44.9 Å². The molecule has 0 aliphatic rings. The number of rotatable bonds is 9. The molecule has 182 valence electrons. The lowest BCUT2D eigenvalue weighted by molar-refractivity contribution is -0.113. The summed E-state index contributed by atoms with van der Waals surface area (Å²) in [6, 6.07) is 18.2. The molecule has 1 amide bonds. The molecule has 0 aliphatic carbocycles. The summed E-state index contributed by atoms with van der Waals surface area (Å²) in [6.07, 6.45) is 4.49. The highest BCUT2D eigenvalue weighted by atomic mass is 32.2. The molecular formula is C27H26N6OS2. The summed E-state index contributed by atoms with van der Waals surface area (Å²) in [6.45, 7) is 6.53. The third-order valence-electron chi connectivity index (χ3n) is 5.79. The number of benzene rings is 2. The van der Waals surface area contributed by atoms with Crippen LogP contribution in [0.2, 0.25) is 0 Å². The van der Waals surface area contributed by atoms with Gasteiger partial charge in [-0.25, -0.2) is 4.98 Å². The van der Waals surface area contributed by atoms with E-state index in [1.807, 2.05) is 54.2 Å². The maximum atomic E-state index is 12.6. The molecule has 0 unspecified atom stereocenters. The van der Waals surface area contributed by atoms with E-state index < -0.39 is 0 Å². The number of carbonyl (C=O) groups excluding carboxylic acids is 1. The normalized spacial score (nSPS) is 11.2. The van der Waals surface area contributed by atoms with Gasteiger partial charge in [-0.15, -0.1) is 28.1 Å². The summed E-state index contributed by atoms with van der Waals surface area (Å²) in [7, 11) is 2.01. The molecule has 7 nitrogen and oxygen atoms in total. The van der Waals surface area contributed by atoms with Crippen molar-refractivity contribution in [3.8, 4) is 10.6 Å². The molecule has 0 atom stereocenters. The zero-order valence-electron chi connectivity index (χ0n) is 20.1. The Balaban J connectivity index is 1.21. The van der Waals surface area contributed by atoms with Crippen molar-refractivity contribution in [2.45, 2.75) is 25.0 Å². The topological polar surface area (TPSA) is 77.6 Å². The molecule has 0 spiro atoms. The standard InChI is InChI=1S/C27H26N6OS2/c1-4-13-33-24(16-21-6-5-14-32(21)3)30-31-27(33)35-17-25(34)28-20-10-8-19(9-11-20)26-29-22-12-7-18(2)15-23(22)36-26/h4-12,14-15H,1,13,16-17H2,2-3H3,(H,28,34). The minimum Gasteiger partial charge on any atom is -0.354 e. The van der Waals surface area contributed by atoms with Gasteiger partial charge in [-0.2, -0.15) is 0 Å². The Morgan fingerprint density at radius 1 is 1.17 bits per heavy atom. The summed E-state index contributed by atoms with van der Waals surface area (Å²) in [5.41, 5.74) is 5.16. The molecule has 3 aromatic heterocycles. The van der Waals surface area contributed by atoms with Gasteiger partial charge in [-0.3, -0.25) is 4.79 Å². The van der Waals surface area contributed by atoms with Crippen molar-refractivity contribution in [3.05, 3.63) is 90.5 Å². The Morgan fingerprint density at radius 2 is 2.00 bits per heavy atom. The molecule has 3 heterocycles. The first kappa shape index (κ1) is 24.0. The molecular weight excluding hydrogens is 488 g/mol. The van der Waals surface area contributed by atoms with Crippen molar-refractivity contribution in [1.29, 1.82) is 0 Å².